The van der Waals surface area contributed by atoms with Crippen molar-refractivity contribution >= 4 is 15.7 Å². The lowest BCUT2D eigenvalue weighted by atomic mass is 9.79. The summed E-state index contributed by atoms with van der Waals surface area (Å²) in [6, 6.07) is 3.81. The molecule has 0 saturated heterocycles. The molecule has 0 amide bonds. The lowest BCUT2D eigenvalue weighted by Gasteiger charge is -2.34. The monoisotopic (exact) mass is 423 g/mol. The van der Waals surface area contributed by atoms with Crippen LogP contribution in [0.3, 0.4) is 0 Å². The van der Waals surface area contributed by atoms with E-state index in [2.05, 4.69) is 48.5 Å². The van der Waals surface area contributed by atoms with Gasteiger partial charge in [0.2, 0.25) is 10.0 Å². The Hall–Kier alpha value is -1.23. The summed E-state index contributed by atoms with van der Waals surface area (Å²) in [7, 11) is -3.44. The van der Waals surface area contributed by atoms with Crippen LogP contribution >= 0.6 is 0 Å². The average Bonchev–Trinajstić information content (AvgIpc) is 2.61. The van der Waals surface area contributed by atoms with Gasteiger partial charge in [-0.3, -0.25) is 4.31 Å². The molecule has 5 heteroatoms. The van der Waals surface area contributed by atoms with Gasteiger partial charge in [0, 0.05) is 17.7 Å². The highest BCUT2D eigenvalue weighted by Crippen LogP contribution is 2.43. The first-order valence-corrected chi connectivity index (χ1v) is 12.7. The van der Waals surface area contributed by atoms with Crippen LogP contribution in [0.25, 0.3) is 0 Å². The number of hydrogen-bond acceptors (Lipinski definition) is 3. The van der Waals surface area contributed by atoms with Gasteiger partial charge in [-0.25, -0.2) is 8.42 Å². The van der Waals surface area contributed by atoms with Crippen molar-refractivity contribution in [3.63, 3.8) is 0 Å². The summed E-state index contributed by atoms with van der Waals surface area (Å²) in [5, 5.41) is 10.7. The minimum absolute atomic E-state index is 0.287. The van der Waals surface area contributed by atoms with Crippen LogP contribution in [0.15, 0.2) is 12.1 Å². The van der Waals surface area contributed by atoms with Crippen LogP contribution in [0.2, 0.25) is 0 Å². The quantitative estimate of drug-likeness (QED) is 0.588. The number of phenols is 1. The van der Waals surface area contributed by atoms with E-state index in [1.807, 2.05) is 12.1 Å². The van der Waals surface area contributed by atoms with E-state index in [0.717, 1.165) is 56.1 Å². The van der Waals surface area contributed by atoms with E-state index in [1.54, 1.807) is 4.31 Å². The molecule has 1 fully saturated rings. The zero-order valence-electron chi connectivity index (χ0n) is 19.5. The largest absolute Gasteiger partial charge is 0.507 e. The number of anilines is 1. The van der Waals surface area contributed by atoms with Crippen molar-refractivity contribution in [2.24, 2.45) is 0 Å². The van der Waals surface area contributed by atoms with E-state index >= 15 is 0 Å². The van der Waals surface area contributed by atoms with E-state index in [4.69, 9.17) is 0 Å². The van der Waals surface area contributed by atoms with Crippen LogP contribution in [-0.2, 0) is 20.9 Å². The SMILES string of the molecule is CCCCN(c1cc(C(C)(C)C)c(O)c(C(C)(C)C)c1)S(=O)(=O)C1CCCCC1. The lowest BCUT2D eigenvalue weighted by Crippen LogP contribution is -2.40. The van der Waals surface area contributed by atoms with Crippen molar-refractivity contribution in [3.05, 3.63) is 23.3 Å². The molecule has 1 aliphatic carbocycles. The molecule has 1 N–H and O–H groups in total. The smallest absolute Gasteiger partial charge is 0.238 e. The number of rotatable bonds is 6. The molecule has 2 rings (SSSR count). The van der Waals surface area contributed by atoms with Crippen LogP contribution in [0.1, 0.15) is 105 Å². The lowest BCUT2D eigenvalue weighted by molar-refractivity contribution is 0.423. The van der Waals surface area contributed by atoms with E-state index in [9.17, 15) is 13.5 Å². The number of phenolic OH excluding ortho intramolecular Hbond substituents is 1. The van der Waals surface area contributed by atoms with Crippen LogP contribution in [-0.4, -0.2) is 25.3 Å². The van der Waals surface area contributed by atoms with Gasteiger partial charge in [0.15, 0.2) is 0 Å². The third-order valence-corrected chi connectivity index (χ3v) is 8.32. The molecule has 0 spiro atoms. The number of hydrogen-bond donors (Lipinski definition) is 1. The highest BCUT2D eigenvalue weighted by Gasteiger charge is 2.35. The molecule has 0 atom stereocenters. The van der Waals surface area contributed by atoms with E-state index in [-0.39, 0.29) is 16.1 Å². The summed E-state index contributed by atoms with van der Waals surface area (Å²) >= 11 is 0. The number of benzene rings is 1. The summed E-state index contributed by atoms with van der Waals surface area (Å²) in [4.78, 5) is 0. The van der Waals surface area contributed by atoms with Gasteiger partial charge in [-0.05, 0) is 42.2 Å². The molecular weight excluding hydrogens is 382 g/mol. The molecular formula is C24H41NO3S. The highest BCUT2D eigenvalue weighted by atomic mass is 32.2. The summed E-state index contributed by atoms with van der Waals surface area (Å²) < 4.78 is 29.0. The van der Waals surface area contributed by atoms with Crippen LogP contribution in [0, 0.1) is 0 Å². The summed E-state index contributed by atoms with van der Waals surface area (Å²) in [5.41, 5.74) is 1.74. The Bertz CT molecular complexity index is 759. The molecule has 0 aromatic heterocycles. The van der Waals surface area contributed by atoms with Crippen molar-refractivity contribution in [1.82, 2.24) is 0 Å². The zero-order valence-corrected chi connectivity index (χ0v) is 20.3. The number of unbranched alkanes of at least 4 members (excludes halogenated alkanes) is 1. The third-order valence-electron chi connectivity index (χ3n) is 5.99. The molecule has 1 aromatic carbocycles. The summed E-state index contributed by atoms with van der Waals surface area (Å²) in [6.45, 7) is 14.9. The summed E-state index contributed by atoms with van der Waals surface area (Å²) in [6.07, 6.45) is 6.36. The van der Waals surface area contributed by atoms with Gasteiger partial charge in [-0.1, -0.05) is 74.1 Å². The van der Waals surface area contributed by atoms with Crippen LogP contribution in [0.5, 0.6) is 5.75 Å². The molecule has 0 bridgehead atoms. The second-order valence-electron chi connectivity index (χ2n) is 10.6. The minimum Gasteiger partial charge on any atom is -0.507 e. The Kier molecular flexibility index (Phi) is 7.35. The van der Waals surface area contributed by atoms with Gasteiger partial charge in [-0.2, -0.15) is 0 Å². The van der Waals surface area contributed by atoms with E-state index in [1.165, 1.54) is 0 Å². The predicted octanol–water partition coefficient (Wildman–Crippen LogP) is 6.26. The van der Waals surface area contributed by atoms with Gasteiger partial charge in [0.25, 0.3) is 0 Å². The van der Waals surface area contributed by atoms with Gasteiger partial charge in [0.1, 0.15) is 5.75 Å². The maximum Gasteiger partial charge on any atom is 0.238 e. The normalized spacial score (nSPS) is 16.8. The Morgan fingerprint density at radius 2 is 1.45 bits per heavy atom. The molecule has 4 nitrogen and oxygen atoms in total. The molecule has 166 valence electrons. The molecule has 1 aromatic rings. The van der Waals surface area contributed by atoms with Crippen molar-refractivity contribution in [2.45, 2.75) is 109 Å². The van der Waals surface area contributed by atoms with Gasteiger partial charge >= 0.3 is 0 Å². The Balaban J connectivity index is 2.66. The number of aromatic hydroxyl groups is 1. The average molecular weight is 424 g/mol. The second kappa shape index (κ2) is 8.87. The first kappa shape index (κ1) is 24.0. The van der Waals surface area contributed by atoms with Crippen molar-refractivity contribution in [1.29, 1.82) is 0 Å². The highest BCUT2D eigenvalue weighted by molar-refractivity contribution is 7.93. The van der Waals surface area contributed by atoms with Crippen molar-refractivity contribution in [2.75, 3.05) is 10.8 Å². The minimum atomic E-state index is -3.44. The Labute approximate surface area is 178 Å². The number of sulfonamides is 1. The molecule has 29 heavy (non-hydrogen) atoms. The zero-order chi connectivity index (χ0) is 22.0. The predicted molar refractivity (Wildman–Crippen MR) is 124 cm³/mol. The fraction of sp³-hybridized carbons (Fsp3) is 0.750. The molecule has 0 aliphatic heterocycles. The van der Waals surface area contributed by atoms with Crippen molar-refractivity contribution in [3.8, 4) is 5.75 Å². The van der Waals surface area contributed by atoms with E-state index < -0.39 is 10.0 Å². The standard InChI is InChI=1S/C24H41NO3S/c1-8-9-15-25(29(27,28)19-13-11-10-12-14-19)18-16-20(23(2,3)4)22(26)21(17-18)24(5,6)7/h16-17,19,26H,8-15H2,1-7H3. The van der Waals surface area contributed by atoms with Crippen LogP contribution < -0.4 is 4.31 Å². The molecule has 0 heterocycles. The van der Waals surface area contributed by atoms with Crippen LogP contribution in [0.4, 0.5) is 5.69 Å². The third kappa shape index (κ3) is 5.48. The maximum atomic E-state index is 13.7. The Morgan fingerprint density at radius 1 is 0.966 bits per heavy atom. The fourth-order valence-electron chi connectivity index (χ4n) is 4.15. The molecule has 1 saturated carbocycles. The topological polar surface area (TPSA) is 57.6 Å². The van der Waals surface area contributed by atoms with E-state index in [0.29, 0.717) is 18.0 Å². The maximum absolute atomic E-state index is 13.7. The van der Waals surface area contributed by atoms with Crippen molar-refractivity contribution < 1.29 is 13.5 Å². The Morgan fingerprint density at radius 3 is 1.86 bits per heavy atom. The second-order valence-corrected chi connectivity index (χ2v) is 12.8. The van der Waals surface area contributed by atoms with Gasteiger partial charge < -0.3 is 5.11 Å². The number of nitrogens with zero attached hydrogens (tertiary/aromatic N) is 1. The van der Waals surface area contributed by atoms with Gasteiger partial charge in [-0.15, -0.1) is 0 Å². The summed E-state index contributed by atoms with van der Waals surface area (Å²) in [5.74, 6) is 0.291. The van der Waals surface area contributed by atoms with Gasteiger partial charge in [0.05, 0.1) is 10.9 Å². The first-order valence-electron chi connectivity index (χ1n) is 11.2. The fourth-order valence-corrected chi connectivity index (χ4v) is 6.23. The molecule has 1 aliphatic rings. The first-order chi connectivity index (χ1) is 13.3. The molecule has 0 radical (unpaired) electrons. The molecule has 0 unspecified atom stereocenters.